The van der Waals surface area contributed by atoms with Gasteiger partial charge in [0.15, 0.2) is 5.03 Å². The van der Waals surface area contributed by atoms with Gasteiger partial charge in [0, 0.05) is 19.1 Å². The van der Waals surface area contributed by atoms with Crippen LogP contribution in [0.3, 0.4) is 0 Å². The lowest BCUT2D eigenvalue weighted by Gasteiger charge is -2.29. The van der Waals surface area contributed by atoms with E-state index in [1.807, 2.05) is 0 Å². The zero-order chi connectivity index (χ0) is 10.9. The van der Waals surface area contributed by atoms with Crippen molar-refractivity contribution in [2.45, 2.75) is 23.9 Å². The molecule has 15 heavy (non-hydrogen) atoms. The molecule has 3 N–H and O–H groups in total. The monoisotopic (exact) mass is 230 g/mol. The maximum Gasteiger partial charge on any atom is 0.260 e. The number of H-pyrrole nitrogens is 1. The lowest BCUT2D eigenvalue weighted by Crippen LogP contribution is -2.45. The Kier molecular flexibility index (Phi) is 2.76. The minimum atomic E-state index is -3.42. The molecule has 0 spiro atoms. The summed E-state index contributed by atoms with van der Waals surface area (Å²) in [6, 6.07) is -0.0588. The van der Waals surface area contributed by atoms with E-state index in [9.17, 15) is 8.42 Å². The summed E-state index contributed by atoms with van der Waals surface area (Å²) in [4.78, 5) is 6.32. The molecule has 1 aromatic rings. The quantitative estimate of drug-likeness (QED) is 0.718. The molecule has 0 aliphatic carbocycles. The van der Waals surface area contributed by atoms with Crippen LogP contribution in [0.5, 0.6) is 0 Å². The molecule has 1 aliphatic rings. The van der Waals surface area contributed by atoms with Crippen LogP contribution in [0.25, 0.3) is 0 Å². The van der Waals surface area contributed by atoms with Gasteiger partial charge in [0.25, 0.3) is 10.0 Å². The molecular weight excluding hydrogens is 216 g/mol. The Morgan fingerprint density at radius 1 is 1.60 bits per heavy atom. The molecule has 1 saturated heterocycles. The van der Waals surface area contributed by atoms with Crippen molar-refractivity contribution in [1.82, 2.24) is 14.3 Å². The number of aromatic amines is 1. The van der Waals surface area contributed by atoms with Gasteiger partial charge in [0.05, 0.1) is 12.5 Å². The third-order valence-electron chi connectivity index (χ3n) is 2.51. The maximum atomic E-state index is 12.0. The van der Waals surface area contributed by atoms with Gasteiger partial charge in [-0.15, -0.1) is 0 Å². The minimum Gasteiger partial charge on any atom is -0.335 e. The van der Waals surface area contributed by atoms with Gasteiger partial charge in [-0.3, -0.25) is 0 Å². The summed E-state index contributed by atoms with van der Waals surface area (Å²) < 4.78 is 25.4. The van der Waals surface area contributed by atoms with Gasteiger partial charge in [-0.05, 0) is 12.8 Å². The number of nitrogens with two attached hydrogens (primary N) is 1. The fourth-order valence-electron chi connectivity index (χ4n) is 1.72. The summed E-state index contributed by atoms with van der Waals surface area (Å²) in [7, 11) is -3.42. The molecule has 0 aromatic carbocycles. The summed E-state index contributed by atoms with van der Waals surface area (Å²) >= 11 is 0. The molecule has 7 heteroatoms. The molecule has 1 unspecified atom stereocenters. The molecule has 0 saturated carbocycles. The summed E-state index contributed by atoms with van der Waals surface area (Å²) in [5.41, 5.74) is 5.74. The molecule has 1 aromatic heterocycles. The lowest BCUT2D eigenvalue weighted by molar-refractivity contribution is 0.315. The van der Waals surface area contributed by atoms with Crippen molar-refractivity contribution < 1.29 is 8.42 Å². The normalized spacial score (nSPS) is 24.2. The second kappa shape index (κ2) is 3.92. The van der Waals surface area contributed by atoms with Crippen molar-refractivity contribution in [3.63, 3.8) is 0 Å². The van der Waals surface area contributed by atoms with E-state index < -0.39 is 10.0 Å². The molecule has 0 radical (unpaired) electrons. The number of hydrogen-bond donors (Lipinski definition) is 2. The predicted octanol–water partition coefficient (Wildman–Crippen LogP) is -0.479. The van der Waals surface area contributed by atoms with Gasteiger partial charge >= 0.3 is 0 Å². The first kappa shape index (κ1) is 10.6. The van der Waals surface area contributed by atoms with E-state index in [0.29, 0.717) is 13.1 Å². The van der Waals surface area contributed by atoms with E-state index >= 15 is 0 Å². The van der Waals surface area contributed by atoms with Crippen LogP contribution >= 0.6 is 0 Å². The highest BCUT2D eigenvalue weighted by Crippen LogP contribution is 2.17. The van der Waals surface area contributed by atoms with Crippen molar-refractivity contribution in [1.29, 1.82) is 0 Å². The van der Waals surface area contributed by atoms with Crippen molar-refractivity contribution in [3.05, 3.63) is 12.5 Å². The highest BCUT2D eigenvalue weighted by molar-refractivity contribution is 7.89. The Labute approximate surface area is 88.5 Å². The first-order valence-corrected chi connectivity index (χ1v) is 6.29. The molecule has 6 nitrogen and oxygen atoms in total. The average Bonchev–Trinajstić information content (AvgIpc) is 2.71. The molecule has 1 aliphatic heterocycles. The van der Waals surface area contributed by atoms with E-state index in [2.05, 4.69) is 9.97 Å². The Balaban J connectivity index is 2.22. The van der Waals surface area contributed by atoms with Gasteiger partial charge in [-0.2, -0.15) is 4.31 Å². The van der Waals surface area contributed by atoms with Crippen molar-refractivity contribution in [2.75, 3.05) is 13.1 Å². The molecule has 2 rings (SSSR count). The Morgan fingerprint density at radius 2 is 2.40 bits per heavy atom. The molecular formula is C8H14N4O2S. The van der Waals surface area contributed by atoms with Crippen molar-refractivity contribution >= 4 is 10.0 Å². The third-order valence-corrected chi connectivity index (χ3v) is 4.30. The number of hydrogen-bond acceptors (Lipinski definition) is 4. The molecule has 1 fully saturated rings. The predicted molar refractivity (Wildman–Crippen MR) is 54.6 cm³/mol. The Bertz CT molecular complexity index is 414. The van der Waals surface area contributed by atoms with E-state index in [-0.39, 0.29) is 11.1 Å². The SMILES string of the molecule is NC1CCCN(S(=O)(=O)c2cnc[nH]2)C1. The van der Waals surface area contributed by atoms with Crippen LogP contribution in [0.2, 0.25) is 0 Å². The number of nitrogens with zero attached hydrogens (tertiary/aromatic N) is 2. The van der Waals surface area contributed by atoms with E-state index in [1.54, 1.807) is 0 Å². The van der Waals surface area contributed by atoms with Crippen LogP contribution in [-0.2, 0) is 10.0 Å². The first-order chi connectivity index (χ1) is 7.10. The molecule has 2 heterocycles. The number of piperidine rings is 1. The van der Waals surface area contributed by atoms with Crippen molar-refractivity contribution in [3.8, 4) is 0 Å². The number of nitrogens with one attached hydrogen (secondary N) is 1. The van der Waals surface area contributed by atoms with Gasteiger partial charge in [0.2, 0.25) is 0 Å². The molecule has 0 bridgehead atoms. The van der Waals surface area contributed by atoms with Crippen LogP contribution in [0.15, 0.2) is 17.6 Å². The maximum absolute atomic E-state index is 12.0. The van der Waals surface area contributed by atoms with E-state index in [1.165, 1.54) is 16.8 Å². The number of aromatic nitrogens is 2. The lowest BCUT2D eigenvalue weighted by atomic mass is 10.1. The van der Waals surface area contributed by atoms with Gasteiger partial charge in [-0.1, -0.05) is 0 Å². The largest absolute Gasteiger partial charge is 0.335 e. The molecule has 1 atom stereocenters. The minimum absolute atomic E-state index is 0.0588. The van der Waals surface area contributed by atoms with Crippen LogP contribution < -0.4 is 5.73 Å². The van der Waals surface area contributed by atoms with Crippen LogP contribution in [0.1, 0.15) is 12.8 Å². The number of rotatable bonds is 2. The highest BCUT2D eigenvalue weighted by Gasteiger charge is 2.29. The summed E-state index contributed by atoms with van der Waals surface area (Å²) in [6.45, 7) is 0.927. The number of imidazole rings is 1. The second-order valence-corrected chi connectivity index (χ2v) is 5.59. The van der Waals surface area contributed by atoms with Gasteiger partial charge in [0.1, 0.15) is 0 Å². The molecule has 84 valence electrons. The van der Waals surface area contributed by atoms with Gasteiger partial charge in [-0.25, -0.2) is 13.4 Å². The molecule has 0 amide bonds. The third kappa shape index (κ3) is 2.04. The summed E-state index contributed by atoms with van der Waals surface area (Å²) in [6.07, 6.45) is 4.37. The zero-order valence-electron chi connectivity index (χ0n) is 8.26. The topological polar surface area (TPSA) is 92.1 Å². The summed E-state index contributed by atoms with van der Waals surface area (Å²) in [5, 5.41) is 0.136. The van der Waals surface area contributed by atoms with E-state index in [0.717, 1.165) is 12.8 Å². The van der Waals surface area contributed by atoms with Crippen LogP contribution in [-0.4, -0.2) is 41.8 Å². The van der Waals surface area contributed by atoms with E-state index in [4.69, 9.17) is 5.73 Å². The smallest absolute Gasteiger partial charge is 0.260 e. The fraction of sp³-hybridized carbons (Fsp3) is 0.625. The van der Waals surface area contributed by atoms with Crippen molar-refractivity contribution in [2.24, 2.45) is 5.73 Å². The Morgan fingerprint density at radius 3 is 3.00 bits per heavy atom. The highest BCUT2D eigenvalue weighted by atomic mass is 32.2. The second-order valence-electron chi connectivity index (χ2n) is 3.68. The van der Waals surface area contributed by atoms with Crippen LogP contribution in [0, 0.1) is 0 Å². The fourth-order valence-corrected chi connectivity index (χ4v) is 3.15. The average molecular weight is 230 g/mol. The zero-order valence-corrected chi connectivity index (χ0v) is 9.07. The standard InChI is InChI=1S/C8H14N4O2S/c9-7-2-1-3-12(5-7)15(13,14)8-4-10-6-11-8/h4,6-7H,1-3,5,9H2,(H,10,11). The van der Waals surface area contributed by atoms with Gasteiger partial charge < -0.3 is 10.7 Å². The van der Waals surface area contributed by atoms with Crippen LogP contribution in [0.4, 0.5) is 0 Å². The summed E-state index contributed by atoms with van der Waals surface area (Å²) in [5.74, 6) is 0. The Hall–Kier alpha value is -0.920. The first-order valence-electron chi connectivity index (χ1n) is 4.85. The number of sulfonamides is 1.